The van der Waals surface area contributed by atoms with Crippen LogP contribution in [0.15, 0.2) is 11.4 Å². The zero-order valence-electron chi connectivity index (χ0n) is 5.01. The van der Waals surface area contributed by atoms with E-state index in [1.807, 2.05) is 0 Å². The van der Waals surface area contributed by atoms with Gasteiger partial charge in [0, 0.05) is 23.4 Å². The van der Waals surface area contributed by atoms with Gasteiger partial charge in [-0.2, -0.15) is 0 Å². The SMILES string of the molecule is Cc1csc(C)c1.[V]. The Kier molecular flexibility index (Phi) is 3.46. The van der Waals surface area contributed by atoms with Crippen molar-refractivity contribution in [1.82, 2.24) is 0 Å². The summed E-state index contributed by atoms with van der Waals surface area (Å²) in [7, 11) is 0. The van der Waals surface area contributed by atoms with E-state index in [2.05, 4.69) is 25.3 Å². The second-order valence-corrected chi connectivity index (χ2v) is 2.85. The standard InChI is InChI=1S/C6H8S.V/c1-5-3-6(2)7-4-5;/h3-4H,1-2H3;. The Morgan fingerprint density at radius 2 is 2.00 bits per heavy atom. The van der Waals surface area contributed by atoms with E-state index in [-0.39, 0.29) is 18.6 Å². The first kappa shape index (κ1) is 8.28. The van der Waals surface area contributed by atoms with Gasteiger partial charge in [-0.1, -0.05) is 0 Å². The number of aryl methyl sites for hydroxylation is 2. The Morgan fingerprint density at radius 1 is 1.38 bits per heavy atom. The van der Waals surface area contributed by atoms with E-state index in [0.29, 0.717) is 0 Å². The molecule has 1 rings (SSSR count). The van der Waals surface area contributed by atoms with Gasteiger partial charge in [-0.05, 0) is 30.9 Å². The second-order valence-electron chi connectivity index (χ2n) is 1.73. The zero-order valence-corrected chi connectivity index (χ0v) is 7.22. The third kappa shape index (κ3) is 2.04. The van der Waals surface area contributed by atoms with Crippen molar-refractivity contribution in [3.63, 3.8) is 0 Å². The molecular weight excluding hydrogens is 155 g/mol. The van der Waals surface area contributed by atoms with Crippen LogP contribution < -0.4 is 0 Å². The predicted octanol–water partition coefficient (Wildman–Crippen LogP) is 2.36. The van der Waals surface area contributed by atoms with Gasteiger partial charge in [0.25, 0.3) is 0 Å². The van der Waals surface area contributed by atoms with E-state index in [1.54, 1.807) is 11.3 Å². The first-order chi connectivity index (χ1) is 3.29. The molecule has 0 N–H and O–H groups in total. The quantitative estimate of drug-likeness (QED) is 0.550. The molecule has 0 saturated carbocycles. The fourth-order valence-corrected chi connectivity index (χ4v) is 1.27. The normalized spacial score (nSPS) is 8.25. The Bertz CT molecular complexity index is 141. The maximum Gasteiger partial charge on any atom is 0.00169 e. The number of hydrogen-bond donors (Lipinski definition) is 0. The molecule has 0 aliphatic rings. The maximum atomic E-state index is 2.19. The van der Waals surface area contributed by atoms with Crippen molar-refractivity contribution < 1.29 is 18.6 Å². The molecule has 1 aromatic rings. The molecule has 0 aliphatic heterocycles. The third-order valence-electron chi connectivity index (χ3n) is 0.862. The van der Waals surface area contributed by atoms with Crippen LogP contribution in [0, 0.1) is 13.8 Å². The molecule has 0 fully saturated rings. The minimum atomic E-state index is 0. The van der Waals surface area contributed by atoms with Gasteiger partial charge in [-0.25, -0.2) is 0 Å². The van der Waals surface area contributed by atoms with Crippen LogP contribution in [-0.2, 0) is 18.6 Å². The van der Waals surface area contributed by atoms with Crippen molar-refractivity contribution in [3.8, 4) is 0 Å². The van der Waals surface area contributed by atoms with Crippen molar-refractivity contribution in [1.29, 1.82) is 0 Å². The monoisotopic (exact) mass is 163 g/mol. The van der Waals surface area contributed by atoms with Gasteiger partial charge >= 0.3 is 0 Å². The summed E-state index contributed by atoms with van der Waals surface area (Å²) in [4.78, 5) is 1.40. The summed E-state index contributed by atoms with van der Waals surface area (Å²) in [6.45, 7) is 4.24. The zero-order chi connectivity index (χ0) is 5.28. The molecule has 0 aromatic carbocycles. The fourth-order valence-electron chi connectivity index (χ4n) is 0.575. The van der Waals surface area contributed by atoms with Crippen LogP contribution in [0.3, 0.4) is 0 Å². The molecule has 2 heteroatoms. The Hall–Kier alpha value is 0.284. The van der Waals surface area contributed by atoms with Crippen molar-refractivity contribution in [2.45, 2.75) is 13.8 Å². The first-order valence-corrected chi connectivity index (χ1v) is 3.19. The van der Waals surface area contributed by atoms with Gasteiger partial charge in [0.2, 0.25) is 0 Å². The van der Waals surface area contributed by atoms with Crippen LogP contribution in [0.5, 0.6) is 0 Å². The Morgan fingerprint density at radius 3 is 2.12 bits per heavy atom. The van der Waals surface area contributed by atoms with Crippen molar-refractivity contribution >= 4 is 11.3 Å². The largest absolute Gasteiger partial charge is 0.149 e. The van der Waals surface area contributed by atoms with Gasteiger partial charge in [0.05, 0.1) is 0 Å². The predicted molar refractivity (Wildman–Crippen MR) is 33.8 cm³/mol. The van der Waals surface area contributed by atoms with Crippen LogP contribution in [0.2, 0.25) is 0 Å². The third-order valence-corrected chi connectivity index (χ3v) is 1.84. The van der Waals surface area contributed by atoms with Gasteiger partial charge in [0.1, 0.15) is 0 Å². The molecule has 0 amide bonds. The summed E-state index contributed by atoms with van der Waals surface area (Å²) in [5, 5.41) is 2.16. The molecule has 0 unspecified atom stereocenters. The molecule has 0 nitrogen and oxygen atoms in total. The summed E-state index contributed by atoms with van der Waals surface area (Å²) in [5.41, 5.74) is 1.38. The van der Waals surface area contributed by atoms with E-state index in [9.17, 15) is 0 Å². The van der Waals surface area contributed by atoms with Gasteiger partial charge in [-0.15, -0.1) is 11.3 Å². The smallest absolute Gasteiger partial charge is 0.00169 e. The van der Waals surface area contributed by atoms with Crippen LogP contribution in [0.25, 0.3) is 0 Å². The van der Waals surface area contributed by atoms with E-state index in [1.165, 1.54) is 10.4 Å². The number of hydrogen-bond acceptors (Lipinski definition) is 1. The molecule has 1 radical (unpaired) electrons. The second kappa shape index (κ2) is 3.34. The molecule has 0 saturated heterocycles. The van der Waals surface area contributed by atoms with E-state index >= 15 is 0 Å². The first-order valence-electron chi connectivity index (χ1n) is 2.31. The van der Waals surface area contributed by atoms with Gasteiger partial charge in [-0.3, -0.25) is 0 Å². The number of thiophene rings is 1. The molecule has 0 bridgehead atoms. The molecule has 1 aromatic heterocycles. The summed E-state index contributed by atoms with van der Waals surface area (Å²) in [6.07, 6.45) is 0. The van der Waals surface area contributed by atoms with Crippen molar-refractivity contribution in [2.24, 2.45) is 0 Å². The molecule has 0 spiro atoms. The van der Waals surface area contributed by atoms with Gasteiger partial charge < -0.3 is 0 Å². The molecule has 0 aliphatic carbocycles. The summed E-state index contributed by atoms with van der Waals surface area (Å²) < 4.78 is 0. The average Bonchev–Trinajstić information content (AvgIpc) is 1.87. The van der Waals surface area contributed by atoms with E-state index < -0.39 is 0 Å². The fraction of sp³-hybridized carbons (Fsp3) is 0.333. The Labute approximate surface area is 65.8 Å². The molecule has 43 valence electrons. The van der Waals surface area contributed by atoms with Crippen LogP contribution >= 0.6 is 11.3 Å². The van der Waals surface area contributed by atoms with Crippen LogP contribution in [0.1, 0.15) is 10.4 Å². The Balaban J connectivity index is 0.000000490. The molecule has 0 atom stereocenters. The van der Waals surface area contributed by atoms with E-state index in [0.717, 1.165) is 0 Å². The maximum absolute atomic E-state index is 2.19. The van der Waals surface area contributed by atoms with Crippen LogP contribution in [0.4, 0.5) is 0 Å². The molecule has 8 heavy (non-hydrogen) atoms. The molecule has 1 heterocycles. The summed E-state index contributed by atoms with van der Waals surface area (Å²) >= 11 is 1.80. The average molecular weight is 163 g/mol. The van der Waals surface area contributed by atoms with E-state index in [4.69, 9.17) is 0 Å². The summed E-state index contributed by atoms with van der Waals surface area (Å²) in [5.74, 6) is 0. The minimum Gasteiger partial charge on any atom is -0.149 e. The minimum absolute atomic E-state index is 0. The molecular formula is C6H8SV. The van der Waals surface area contributed by atoms with Crippen LogP contribution in [-0.4, -0.2) is 0 Å². The van der Waals surface area contributed by atoms with Gasteiger partial charge in [0.15, 0.2) is 0 Å². The number of rotatable bonds is 0. The van der Waals surface area contributed by atoms with Crippen molar-refractivity contribution in [3.05, 3.63) is 21.9 Å². The summed E-state index contributed by atoms with van der Waals surface area (Å²) in [6, 6.07) is 2.19. The van der Waals surface area contributed by atoms with Crippen molar-refractivity contribution in [2.75, 3.05) is 0 Å². The topological polar surface area (TPSA) is 0 Å².